The molecule has 0 aliphatic heterocycles. The molecule has 0 heterocycles. The lowest BCUT2D eigenvalue weighted by Crippen LogP contribution is -2.35. The first-order chi connectivity index (χ1) is 6.45. The molecule has 1 aliphatic carbocycles. The molecule has 0 spiro atoms. The van der Waals surface area contributed by atoms with Crippen LogP contribution < -0.4 is 0 Å². The monoisotopic (exact) mass is 204 g/mol. The molecule has 0 aromatic heterocycles. The van der Waals surface area contributed by atoms with Gasteiger partial charge in [-0.3, -0.25) is 0 Å². The number of fused-ring (bicyclic) bond motifs is 1. The Kier molecular flexibility index (Phi) is 1.84. The van der Waals surface area contributed by atoms with Crippen LogP contribution in [-0.4, -0.2) is 6.18 Å². The molecule has 0 fully saturated rings. The Morgan fingerprint density at radius 1 is 1.14 bits per heavy atom. The minimum absolute atomic E-state index is 0.159. The van der Waals surface area contributed by atoms with Crippen LogP contribution in [0.25, 0.3) is 0 Å². The van der Waals surface area contributed by atoms with Crippen LogP contribution in [0.1, 0.15) is 17.5 Å². The summed E-state index contributed by atoms with van der Waals surface area (Å²) in [4.78, 5) is 0. The molecule has 0 nitrogen and oxygen atoms in total. The van der Waals surface area contributed by atoms with Gasteiger partial charge in [-0.1, -0.05) is 24.3 Å². The van der Waals surface area contributed by atoms with Crippen molar-refractivity contribution in [3.05, 3.63) is 35.4 Å². The summed E-state index contributed by atoms with van der Waals surface area (Å²) in [5.41, 5.74) is -2.89. The summed E-state index contributed by atoms with van der Waals surface area (Å²) < 4.78 is 51.0. The molecule has 4 heteroatoms. The maximum Gasteiger partial charge on any atom is 0.426 e. The maximum atomic E-state index is 13.7. The van der Waals surface area contributed by atoms with E-state index in [2.05, 4.69) is 0 Å². The number of halogens is 4. The van der Waals surface area contributed by atoms with Gasteiger partial charge in [-0.05, 0) is 18.4 Å². The zero-order valence-electron chi connectivity index (χ0n) is 7.24. The normalized spacial score (nSPS) is 26.3. The van der Waals surface area contributed by atoms with E-state index >= 15 is 0 Å². The predicted octanol–water partition coefficient (Wildman–Crippen LogP) is 3.36. The minimum Gasteiger partial charge on any atom is -0.229 e. The van der Waals surface area contributed by atoms with E-state index in [-0.39, 0.29) is 12.0 Å². The Labute approximate surface area is 78.5 Å². The van der Waals surface area contributed by atoms with E-state index < -0.39 is 18.3 Å². The van der Waals surface area contributed by atoms with Gasteiger partial charge in [-0.2, -0.15) is 13.2 Å². The molecule has 0 saturated carbocycles. The predicted molar refractivity (Wildman–Crippen MR) is 43.6 cm³/mol. The van der Waals surface area contributed by atoms with Crippen molar-refractivity contribution in [1.82, 2.24) is 0 Å². The Bertz CT molecular complexity index is 355. The Balaban J connectivity index is 2.53. The molecule has 0 amide bonds. The standard InChI is InChI=1S/C10H8F4/c11-9(10(12,13)14)6-5-7-3-1-2-4-8(7)9/h1-4H,5-6H2. The topological polar surface area (TPSA) is 0 Å². The van der Waals surface area contributed by atoms with Crippen molar-refractivity contribution in [3.63, 3.8) is 0 Å². The highest BCUT2D eigenvalue weighted by Crippen LogP contribution is 2.50. The molecule has 1 aliphatic rings. The molecule has 76 valence electrons. The first-order valence-corrected chi connectivity index (χ1v) is 4.29. The van der Waals surface area contributed by atoms with Crippen LogP contribution in [-0.2, 0) is 12.1 Å². The fourth-order valence-electron chi connectivity index (χ4n) is 1.86. The van der Waals surface area contributed by atoms with Gasteiger partial charge in [0.05, 0.1) is 0 Å². The van der Waals surface area contributed by atoms with E-state index in [1.165, 1.54) is 12.1 Å². The summed E-state index contributed by atoms with van der Waals surface area (Å²) in [6.45, 7) is 0. The lowest BCUT2D eigenvalue weighted by molar-refractivity contribution is -0.234. The molecule has 0 saturated heterocycles. The van der Waals surface area contributed by atoms with Crippen LogP contribution in [0.3, 0.4) is 0 Å². The minimum atomic E-state index is -4.81. The average molecular weight is 204 g/mol. The van der Waals surface area contributed by atoms with Crippen molar-refractivity contribution in [2.45, 2.75) is 24.7 Å². The van der Waals surface area contributed by atoms with Crippen molar-refractivity contribution in [2.24, 2.45) is 0 Å². The molecule has 1 aromatic rings. The van der Waals surface area contributed by atoms with Crippen molar-refractivity contribution in [2.75, 3.05) is 0 Å². The zero-order valence-corrected chi connectivity index (χ0v) is 7.24. The van der Waals surface area contributed by atoms with Gasteiger partial charge in [-0.25, -0.2) is 4.39 Å². The highest BCUT2D eigenvalue weighted by Gasteiger charge is 2.59. The van der Waals surface area contributed by atoms with E-state index in [1.54, 1.807) is 12.1 Å². The largest absolute Gasteiger partial charge is 0.426 e. The second-order valence-electron chi connectivity index (χ2n) is 3.46. The first-order valence-electron chi connectivity index (χ1n) is 4.29. The highest BCUT2D eigenvalue weighted by molar-refractivity contribution is 5.38. The summed E-state index contributed by atoms with van der Waals surface area (Å²) in [5, 5.41) is 0. The SMILES string of the molecule is FC(F)(F)C1(F)CCc2ccccc21. The molecule has 1 aromatic carbocycles. The first kappa shape index (κ1) is 9.49. The number of hydrogen-bond acceptors (Lipinski definition) is 0. The Hall–Kier alpha value is -1.06. The van der Waals surface area contributed by atoms with Crippen LogP contribution in [0.2, 0.25) is 0 Å². The molecule has 1 unspecified atom stereocenters. The van der Waals surface area contributed by atoms with E-state index in [0.29, 0.717) is 5.56 Å². The average Bonchev–Trinajstić information content (AvgIpc) is 2.45. The fourth-order valence-corrected chi connectivity index (χ4v) is 1.86. The molecule has 0 N–H and O–H groups in total. The van der Waals surface area contributed by atoms with Crippen molar-refractivity contribution < 1.29 is 17.6 Å². The fraction of sp³-hybridized carbons (Fsp3) is 0.400. The van der Waals surface area contributed by atoms with Crippen molar-refractivity contribution in [3.8, 4) is 0 Å². The van der Waals surface area contributed by atoms with E-state index in [1.807, 2.05) is 0 Å². The van der Waals surface area contributed by atoms with Crippen molar-refractivity contribution in [1.29, 1.82) is 0 Å². The quantitative estimate of drug-likeness (QED) is 0.568. The molecule has 2 rings (SSSR count). The van der Waals surface area contributed by atoms with E-state index in [9.17, 15) is 17.6 Å². The molecule has 1 atom stereocenters. The number of rotatable bonds is 0. The second kappa shape index (κ2) is 2.72. The smallest absolute Gasteiger partial charge is 0.229 e. The van der Waals surface area contributed by atoms with Gasteiger partial charge in [0.2, 0.25) is 5.67 Å². The van der Waals surface area contributed by atoms with E-state index in [4.69, 9.17) is 0 Å². The number of hydrogen-bond donors (Lipinski definition) is 0. The zero-order chi connectivity index (χ0) is 10.4. The van der Waals surface area contributed by atoms with Gasteiger partial charge in [-0.15, -0.1) is 0 Å². The van der Waals surface area contributed by atoms with Gasteiger partial charge in [0, 0.05) is 5.56 Å². The van der Waals surface area contributed by atoms with Gasteiger partial charge in [0.15, 0.2) is 0 Å². The van der Waals surface area contributed by atoms with Crippen molar-refractivity contribution >= 4 is 0 Å². The summed E-state index contributed by atoms with van der Waals surface area (Å²) in [7, 11) is 0. The molecule has 14 heavy (non-hydrogen) atoms. The molecular formula is C10H8F4. The third-order valence-corrected chi connectivity index (χ3v) is 2.63. The number of aryl methyl sites for hydroxylation is 1. The molecule has 0 radical (unpaired) electrons. The van der Waals surface area contributed by atoms with Gasteiger partial charge in [0.25, 0.3) is 0 Å². The Morgan fingerprint density at radius 2 is 1.79 bits per heavy atom. The maximum absolute atomic E-state index is 13.7. The summed E-state index contributed by atoms with van der Waals surface area (Å²) in [6, 6.07) is 5.82. The van der Waals surface area contributed by atoms with Gasteiger partial charge in [0.1, 0.15) is 0 Å². The van der Waals surface area contributed by atoms with Crippen LogP contribution >= 0.6 is 0 Å². The third-order valence-electron chi connectivity index (χ3n) is 2.63. The van der Waals surface area contributed by atoms with E-state index in [0.717, 1.165) is 0 Å². The third kappa shape index (κ3) is 1.13. The van der Waals surface area contributed by atoms with Gasteiger partial charge >= 0.3 is 6.18 Å². The Morgan fingerprint density at radius 3 is 2.43 bits per heavy atom. The molecule has 0 bridgehead atoms. The number of alkyl halides is 4. The second-order valence-corrected chi connectivity index (χ2v) is 3.46. The number of benzene rings is 1. The highest BCUT2D eigenvalue weighted by atomic mass is 19.4. The lowest BCUT2D eigenvalue weighted by atomic mass is 9.97. The van der Waals surface area contributed by atoms with Crippen LogP contribution in [0.5, 0.6) is 0 Å². The van der Waals surface area contributed by atoms with Gasteiger partial charge < -0.3 is 0 Å². The summed E-state index contributed by atoms with van der Waals surface area (Å²) in [6.07, 6.45) is -5.14. The summed E-state index contributed by atoms with van der Waals surface area (Å²) in [5.74, 6) is 0. The van der Waals surface area contributed by atoms with Crippen LogP contribution in [0.15, 0.2) is 24.3 Å². The van der Waals surface area contributed by atoms with Crippen LogP contribution in [0, 0.1) is 0 Å². The van der Waals surface area contributed by atoms with Crippen LogP contribution in [0.4, 0.5) is 17.6 Å². The molecular weight excluding hydrogens is 196 g/mol. The summed E-state index contributed by atoms with van der Waals surface area (Å²) >= 11 is 0. The lowest BCUT2D eigenvalue weighted by Gasteiger charge is -2.23.